The quantitative estimate of drug-likeness (QED) is 0.314. The van der Waals surface area contributed by atoms with E-state index in [9.17, 15) is 9.59 Å². The normalized spacial score (nSPS) is 29.4. The molecule has 3 fully saturated rings. The van der Waals surface area contributed by atoms with Gasteiger partial charge >= 0.3 is 17.8 Å². The van der Waals surface area contributed by atoms with Crippen LogP contribution in [-0.2, 0) is 19.1 Å². The number of hydrogen-bond donors (Lipinski definition) is 0. The minimum Gasteiger partial charge on any atom is -0.400 e. The highest BCUT2D eigenvalue weighted by Gasteiger charge is 2.59. The lowest BCUT2D eigenvalue weighted by Gasteiger charge is -2.37. The fraction of sp³-hybridized carbons (Fsp3) is 0.765. The molecule has 0 radical (unpaired) electrons. The van der Waals surface area contributed by atoms with E-state index in [1.807, 2.05) is 4.90 Å². The highest BCUT2D eigenvalue weighted by atomic mass is 32.2. The molecule has 0 aromatic carbocycles. The zero-order chi connectivity index (χ0) is 18.3. The number of rotatable bonds is 6. The van der Waals surface area contributed by atoms with Crippen molar-refractivity contribution < 1.29 is 19.1 Å². The third-order valence-electron chi connectivity index (χ3n) is 5.42. The molecule has 2 bridgehead atoms. The number of fused-ring (bicyclic) bond motifs is 3. The Morgan fingerprint density at radius 1 is 1.27 bits per heavy atom. The summed E-state index contributed by atoms with van der Waals surface area (Å²) in [6.45, 7) is 5.91. The number of ether oxygens (including phenoxy) is 2. The van der Waals surface area contributed by atoms with Gasteiger partial charge in [0.1, 0.15) is 5.03 Å². The average Bonchev–Trinajstić information content (AvgIpc) is 3.26. The first-order valence-corrected chi connectivity index (χ1v) is 10.9. The molecule has 3 unspecified atom stereocenters. The average molecular weight is 398 g/mol. The maximum atomic E-state index is 11.5. The van der Waals surface area contributed by atoms with E-state index in [0.717, 1.165) is 35.4 Å². The van der Waals surface area contributed by atoms with E-state index < -0.39 is 17.8 Å². The summed E-state index contributed by atoms with van der Waals surface area (Å²) < 4.78 is 19.7. The van der Waals surface area contributed by atoms with Crippen LogP contribution in [0.2, 0.25) is 0 Å². The SMILES string of the molecule is CC(C)CCCSc1nsnc1C1CN2CC1CCC21OC(=O)C(=O)O1. The van der Waals surface area contributed by atoms with E-state index in [1.54, 1.807) is 11.8 Å². The topological polar surface area (TPSA) is 81.6 Å². The molecule has 0 saturated carbocycles. The van der Waals surface area contributed by atoms with Gasteiger partial charge in [0, 0.05) is 25.4 Å². The minimum atomic E-state index is -1.19. The largest absolute Gasteiger partial charge is 0.421 e. The second kappa shape index (κ2) is 7.09. The maximum Gasteiger partial charge on any atom is 0.421 e. The predicted molar refractivity (Wildman–Crippen MR) is 96.7 cm³/mol. The Morgan fingerprint density at radius 2 is 2.04 bits per heavy atom. The van der Waals surface area contributed by atoms with Crippen molar-refractivity contribution >= 4 is 35.4 Å². The van der Waals surface area contributed by atoms with Crippen molar-refractivity contribution in [3.8, 4) is 0 Å². The molecule has 4 heterocycles. The number of aromatic nitrogens is 2. The number of esters is 2. The first-order valence-electron chi connectivity index (χ1n) is 9.15. The van der Waals surface area contributed by atoms with Crippen LogP contribution in [0.4, 0.5) is 0 Å². The molecule has 3 atom stereocenters. The highest BCUT2D eigenvalue weighted by Crippen LogP contribution is 2.48. The minimum absolute atomic E-state index is 0.249. The van der Waals surface area contributed by atoms with Gasteiger partial charge < -0.3 is 9.47 Å². The van der Waals surface area contributed by atoms with Gasteiger partial charge in [0.2, 0.25) is 0 Å². The summed E-state index contributed by atoms with van der Waals surface area (Å²) in [6, 6.07) is 0. The Kier molecular flexibility index (Phi) is 4.96. The molecule has 9 heteroatoms. The zero-order valence-electron chi connectivity index (χ0n) is 15.0. The summed E-state index contributed by atoms with van der Waals surface area (Å²) in [4.78, 5) is 25.1. The van der Waals surface area contributed by atoms with E-state index in [0.29, 0.717) is 18.9 Å². The van der Waals surface area contributed by atoms with Crippen LogP contribution in [0, 0.1) is 11.8 Å². The van der Waals surface area contributed by atoms with Crippen molar-refractivity contribution in [2.24, 2.45) is 11.8 Å². The summed E-state index contributed by atoms with van der Waals surface area (Å²) in [5.41, 5.74) is 1.06. The van der Waals surface area contributed by atoms with Crippen molar-refractivity contribution in [2.75, 3.05) is 18.8 Å². The Balaban J connectivity index is 1.44. The van der Waals surface area contributed by atoms with Crippen LogP contribution in [-0.4, -0.2) is 50.3 Å². The molecule has 1 spiro atoms. The van der Waals surface area contributed by atoms with Crippen LogP contribution in [0.5, 0.6) is 0 Å². The van der Waals surface area contributed by atoms with E-state index in [-0.39, 0.29) is 5.92 Å². The van der Waals surface area contributed by atoms with Gasteiger partial charge in [-0.3, -0.25) is 0 Å². The van der Waals surface area contributed by atoms with Gasteiger partial charge in [0.15, 0.2) is 0 Å². The maximum absolute atomic E-state index is 11.5. The summed E-state index contributed by atoms with van der Waals surface area (Å²) in [7, 11) is 0. The van der Waals surface area contributed by atoms with Crippen molar-refractivity contribution in [1.29, 1.82) is 0 Å². The number of piperidine rings is 1. The van der Waals surface area contributed by atoms with Gasteiger partial charge in [-0.05, 0) is 30.4 Å². The van der Waals surface area contributed by atoms with Crippen LogP contribution in [0.15, 0.2) is 5.03 Å². The van der Waals surface area contributed by atoms with E-state index in [1.165, 1.54) is 24.6 Å². The van der Waals surface area contributed by atoms with Crippen LogP contribution in [0.3, 0.4) is 0 Å². The second-order valence-electron chi connectivity index (χ2n) is 7.64. The molecule has 1 aromatic rings. The fourth-order valence-corrected chi connectivity index (χ4v) is 5.81. The molecular weight excluding hydrogens is 374 g/mol. The molecule has 0 aliphatic carbocycles. The molecule has 7 nitrogen and oxygen atoms in total. The lowest BCUT2D eigenvalue weighted by atomic mass is 9.88. The van der Waals surface area contributed by atoms with Crippen molar-refractivity contribution in [2.45, 2.75) is 56.4 Å². The van der Waals surface area contributed by atoms with E-state index in [2.05, 4.69) is 22.6 Å². The van der Waals surface area contributed by atoms with E-state index in [4.69, 9.17) is 9.47 Å². The Bertz CT molecular complexity index is 692. The monoisotopic (exact) mass is 397 g/mol. The molecule has 4 rings (SSSR count). The number of carbonyl (C=O) groups is 2. The third-order valence-corrected chi connectivity index (χ3v) is 7.15. The Hall–Kier alpha value is -1.19. The number of hydrogen-bond acceptors (Lipinski definition) is 9. The van der Waals surface area contributed by atoms with Crippen LogP contribution >= 0.6 is 23.5 Å². The second-order valence-corrected chi connectivity index (χ2v) is 9.25. The van der Waals surface area contributed by atoms with Gasteiger partial charge in [-0.2, -0.15) is 8.75 Å². The van der Waals surface area contributed by atoms with Gasteiger partial charge in [-0.15, -0.1) is 11.8 Å². The molecule has 0 N–H and O–H groups in total. The summed E-state index contributed by atoms with van der Waals surface area (Å²) in [5, 5.41) is 1.03. The van der Waals surface area contributed by atoms with Crippen LogP contribution in [0.25, 0.3) is 0 Å². The standard InChI is InChI=1S/C17H23N3O4S2/c1-10(2)4-3-7-25-14-13(18-26-19-14)12-9-20-8-11(12)5-6-17(20)23-15(21)16(22)24-17/h10-12H,3-9H2,1-2H3. The highest BCUT2D eigenvalue weighted by molar-refractivity contribution is 7.99. The van der Waals surface area contributed by atoms with Crippen LogP contribution in [0.1, 0.15) is 51.1 Å². The van der Waals surface area contributed by atoms with Gasteiger partial charge in [-0.1, -0.05) is 20.3 Å². The molecule has 26 heavy (non-hydrogen) atoms. The van der Waals surface area contributed by atoms with E-state index >= 15 is 0 Å². The summed E-state index contributed by atoms with van der Waals surface area (Å²) in [5.74, 6) is -0.508. The first-order chi connectivity index (χ1) is 12.5. The molecule has 3 aliphatic rings. The molecule has 3 aliphatic heterocycles. The third kappa shape index (κ3) is 3.25. The molecule has 0 amide bonds. The number of thioether (sulfide) groups is 1. The Morgan fingerprint density at radius 3 is 2.77 bits per heavy atom. The lowest BCUT2D eigenvalue weighted by Crippen LogP contribution is -2.51. The number of nitrogens with zero attached hydrogens (tertiary/aromatic N) is 3. The molecule has 3 saturated heterocycles. The van der Waals surface area contributed by atoms with Gasteiger partial charge in [0.05, 0.1) is 17.4 Å². The zero-order valence-corrected chi connectivity index (χ0v) is 16.6. The van der Waals surface area contributed by atoms with Gasteiger partial charge in [-0.25, -0.2) is 14.5 Å². The fourth-order valence-electron chi connectivity index (χ4n) is 4.08. The van der Waals surface area contributed by atoms with Crippen molar-refractivity contribution in [3.05, 3.63) is 5.69 Å². The Labute approximate surface area is 161 Å². The summed E-state index contributed by atoms with van der Waals surface area (Å²) in [6.07, 6.45) is 3.77. The number of carbonyl (C=O) groups excluding carboxylic acids is 2. The van der Waals surface area contributed by atoms with Gasteiger partial charge in [0.25, 0.3) is 0 Å². The summed E-state index contributed by atoms with van der Waals surface area (Å²) >= 11 is 3.05. The smallest absolute Gasteiger partial charge is 0.400 e. The molecule has 142 valence electrons. The van der Waals surface area contributed by atoms with Crippen LogP contribution < -0.4 is 0 Å². The molecular formula is C17H23N3O4S2. The van der Waals surface area contributed by atoms with Crippen molar-refractivity contribution in [3.63, 3.8) is 0 Å². The molecule has 1 aromatic heterocycles. The predicted octanol–water partition coefficient (Wildman–Crippen LogP) is 2.63. The van der Waals surface area contributed by atoms with Crippen molar-refractivity contribution in [1.82, 2.24) is 13.6 Å². The lowest BCUT2D eigenvalue weighted by molar-refractivity contribution is -0.257. The first kappa shape index (κ1) is 18.2.